The van der Waals surface area contributed by atoms with Gasteiger partial charge in [0.15, 0.2) is 0 Å². The minimum atomic E-state index is -0.256. The highest BCUT2D eigenvalue weighted by molar-refractivity contribution is 5.76. The Balaban J connectivity index is 1.82. The van der Waals surface area contributed by atoms with Crippen molar-refractivity contribution in [2.75, 3.05) is 20.1 Å². The minimum absolute atomic E-state index is 0.0329. The van der Waals surface area contributed by atoms with E-state index in [0.717, 1.165) is 31.5 Å². The normalized spacial score (nSPS) is 16.3. The molecule has 0 bridgehead atoms. The van der Waals surface area contributed by atoms with E-state index in [0.29, 0.717) is 6.54 Å². The summed E-state index contributed by atoms with van der Waals surface area (Å²) in [5.74, 6) is -0.256. The fourth-order valence-electron chi connectivity index (χ4n) is 3.16. The van der Waals surface area contributed by atoms with E-state index in [2.05, 4.69) is 11.9 Å². The van der Waals surface area contributed by atoms with E-state index in [9.17, 15) is 9.18 Å². The lowest BCUT2D eigenvalue weighted by atomic mass is 10.0. The second-order valence-electron chi connectivity index (χ2n) is 6.56. The third-order valence-corrected chi connectivity index (χ3v) is 4.63. The molecule has 0 radical (unpaired) electrons. The fraction of sp³-hybridized carbons (Fsp3) is 0.444. The number of benzene rings is 1. The molecule has 24 heavy (non-hydrogen) atoms. The molecule has 1 aromatic carbocycles. The molecule has 2 aromatic rings. The molecule has 1 aliphatic heterocycles. The van der Waals surface area contributed by atoms with Crippen molar-refractivity contribution >= 4 is 6.03 Å². The van der Waals surface area contributed by atoms with Crippen molar-refractivity contribution in [1.82, 2.24) is 14.4 Å². The van der Waals surface area contributed by atoms with Crippen LogP contribution in [0.2, 0.25) is 0 Å². The first kappa shape index (κ1) is 16.6. The number of hydrogen-bond donors (Lipinski definition) is 0. The summed E-state index contributed by atoms with van der Waals surface area (Å²) in [5, 5.41) is 0. The van der Waals surface area contributed by atoms with Crippen LogP contribution in [0.25, 0.3) is 0 Å². The second-order valence-corrected chi connectivity index (χ2v) is 6.56. The van der Waals surface area contributed by atoms with Crippen molar-refractivity contribution in [2.24, 2.45) is 7.05 Å². The Morgan fingerprint density at radius 3 is 2.54 bits per heavy atom. The Hall–Kier alpha value is -2.21. The van der Waals surface area contributed by atoms with Crippen LogP contribution >= 0.6 is 0 Å². The maximum Gasteiger partial charge on any atom is 0.416 e. The predicted molar refractivity (Wildman–Crippen MR) is 88.9 cm³/mol. The molecule has 0 atom stereocenters. The van der Waals surface area contributed by atoms with Gasteiger partial charge in [-0.3, -0.25) is 4.90 Å². The van der Waals surface area contributed by atoms with Crippen LogP contribution in [0.4, 0.5) is 9.18 Å². The number of piperidine rings is 1. The van der Waals surface area contributed by atoms with Crippen LogP contribution < -0.4 is 4.57 Å². The molecule has 1 saturated heterocycles. The summed E-state index contributed by atoms with van der Waals surface area (Å²) in [6.07, 6.45) is 7.31. The zero-order chi connectivity index (χ0) is 17.1. The van der Waals surface area contributed by atoms with Crippen LogP contribution in [-0.2, 0) is 13.6 Å². The number of carbonyl (C=O) groups is 1. The lowest BCUT2D eigenvalue weighted by molar-refractivity contribution is -0.670. The van der Waals surface area contributed by atoms with Gasteiger partial charge in [-0.25, -0.2) is 13.8 Å². The average Bonchev–Trinajstić information content (AvgIpc) is 3.01. The van der Waals surface area contributed by atoms with Crippen LogP contribution in [-0.4, -0.2) is 46.6 Å². The fourth-order valence-corrected chi connectivity index (χ4v) is 3.16. The molecule has 1 fully saturated rings. The van der Waals surface area contributed by atoms with Crippen LogP contribution in [0.5, 0.6) is 0 Å². The highest BCUT2D eigenvalue weighted by Crippen LogP contribution is 2.20. The lowest BCUT2D eigenvalue weighted by Crippen LogP contribution is -2.47. The maximum atomic E-state index is 13.2. The number of nitrogens with zero attached hydrogens (tertiary/aromatic N) is 4. The first-order chi connectivity index (χ1) is 11.5. The molecule has 0 saturated carbocycles. The van der Waals surface area contributed by atoms with Crippen molar-refractivity contribution in [3.63, 3.8) is 0 Å². The zero-order valence-corrected chi connectivity index (χ0v) is 14.2. The van der Waals surface area contributed by atoms with Gasteiger partial charge >= 0.3 is 6.03 Å². The highest BCUT2D eigenvalue weighted by atomic mass is 19.1. The largest absolute Gasteiger partial charge is 0.416 e. The zero-order valence-electron chi connectivity index (χ0n) is 14.2. The number of likely N-dealkylation sites (tertiary alicyclic amines) is 1. The first-order valence-corrected chi connectivity index (χ1v) is 8.30. The quantitative estimate of drug-likeness (QED) is 0.806. The SMILES string of the molecule is CN1CCC(N(Cc2ccc(F)cc2)C(=O)n2cc[n+](C)c2)CC1. The molecule has 2 heterocycles. The lowest BCUT2D eigenvalue weighted by Gasteiger charge is -2.36. The number of aryl methyl sites for hydroxylation is 1. The van der Waals surface area contributed by atoms with Gasteiger partial charge in [0.1, 0.15) is 18.2 Å². The number of carbonyl (C=O) groups excluding carboxylic acids is 1. The Bertz CT molecular complexity index is 689. The number of aromatic nitrogens is 2. The molecule has 0 spiro atoms. The van der Waals surface area contributed by atoms with Crippen LogP contribution in [0.15, 0.2) is 43.0 Å². The van der Waals surface area contributed by atoms with E-state index in [-0.39, 0.29) is 17.9 Å². The van der Waals surface area contributed by atoms with Crippen molar-refractivity contribution in [3.8, 4) is 0 Å². The Labute approximate surface area is 141 Å². The van der Waals surface area contributed by atoms with Gasteiger partial charge in [0.2, 0.25) is 0 Å². The number of rotatable bonds is 3. The van der Waals surface area contributed by atoms with Crippen LogP contribution in [0.3, 0.4) is 0 Å². The van der Waals surface area contributed by atoms with Crippen molar-refractivity contribution in [3.05, 3.63) is 54.4 Å². The molecule has 0 N–H and O–H groups in total. The Morgan fingerprint density at radius 2 is 1.96 bits per heavy atom. The summed E-state index contributed by atoms with van der Waals surface area (Å²) in [7, 11) is 4.00. The van der Waals surface area contributed by atoms with Gasteiger partial charge in [-0.05, 0) is 50.7 Å². The topological polar surface area (TPSA) is 32.4 Å². The summed E-state index contributed by atoms with van der Waals surface area (Å²) in [4.78, 5) is 17.2. The summed E-state index contributed by atoms with van der Waals surface area (Å²) in [5.41, 5.74) is 0.945. The Kier molecular flexibility index (Phi) is 4.94. The molecule has 128 valence electrons. The minimum Gasteiger partial charge on any atom is -0.306 e. The van der Waals surface area contributed by atoms with Gasteiger partial charge in [-0.2, -0.15) is 4.57 Å². The molecule has 5 nitrogen and oxygen atoms in total. The van der Waals surface area contributed by atoms with Gasteiger partial charge in [0, 0.05) is 12.6 Å². The number of amides is 1. The van der Waals surface area contributed by atoms with Gasteiger partial charge in [-0.15, -0.1) is 0 Å². The molecule has 1 aromatic heterocycles. The number of hydrogen-bond acceptors (Lipinski definition) is 2. The van der Waals surface area contributed by atoms with E-state index >= 15 is 0 Å². The molecular formula is C18H24FN4O+. The highest BCUT2D eigenvalue weighted by Gasteiger charge is 2.30. The van der Waals surface area contributed by atoms with Crippen molar-refractivity contribution < 1.29 is 13.8 Å². The smallest absolute Gasteiger partial charge is 0.306 e. The molecule has 0 unspecified atom stereocenters. The van der Waals surface area contributed by atoms with Crippen molar-refractivity contribution in [1.29, 1.82) is 0 Å². The van der Waals surface area contributed by atoms with Gasteiger partial charge in [0.25, 0.3) is 6.33 Å². The predicted octanol–water partition coefficient (Wildman–Crippen LogP) is 2.02. The third-order valence-electron chi connectivity index (χ3n) is 4.63. The van der Waals surface area contributed by atoms with Crippen LogP contribution in [0, 0.1) is 5.82 Å². The van der Waals surface area contributed by atoms with Crippen molar-refractivity contribution in [2.45, 2.75) is 25.4 Å². The number of imidazole rings is 1. The summed E-state index contributed by atoms with van der Waals surface area (Å²) >= 11 is 0. The van der Waals surface area contributed by atoms with Gasteiger partial charge < -0.3 is 4.90 Å². The molecule has 3 rings (SSSR count). The Morgan fingerprint density at radius 1 is 1.29 bits per heavy atom. The van der Waals surface area contributed by atoms with E-state index in [1.807, 2.05) is 22.7 Å². The monoisotopic (exact) mass is 331 g/mol. The van der Waals surface area contributed by atoms with E-state index in [1.165, 1.54) is 12.1 Å². The van der Waals surface area contributed by atoms with E-state index in [1.54, 1.807) is 29.2 Å². The molecule has 1 aliphatic rings. The number of halogens is 1. The van der Waals surface area contributed by atoms with Crippen LogP contribution in [0.1, 0.15) is 18.4 Å². The third kappa shape index (κ3) is 3.82. The second kappa shape index (κ2) is 7.13. The standard InChI is InChI=1S/C18H24FN4O/c1-20-9-7-17(8-10-20)23(13-15-3-5-16(19)6-4-15)18(24)22-12-11-21(2)14-22/h3-6,11-12,14,17H,7-10,13H2,1-2H3/q+1. The van der Waals surface area contributed by atoms with Gasteiger partial charge in [-0.1, -0.05) is 12.1 Å². The average molecular weight is 331 g/mol. The molecular weight excluding hydrogens is 307 g/mol. The summed E-state index contributed by atoms with van der Waals surface area (Å²) in [6.45, 7) is 2.46. The summed E-state index contributed by atoms with van der Waals surface area (Å²) < 4.78 is 16.6. The molecule has 0 aliphatic carbocycles. The summed E-state index contributed by atoms with van der Waals surface area (Å²) in [6, 6.07) is 6.56. The maximum absolute atomic E-state index is 13.2. The molecule has 6 heteroatoms. The van der Waals surface area contributed by atoms with Gasteiger partial charge in [0.05, 0.1) is 7.05 Å². The van der Waals surface area contributed by atoms with E-state index < -0.39 is 0 Å². The first-order valence-electron chi connectivity index (χ1n) is 8.30. The van der Waals surface area contributed by atoms with E-state index in [4.69, 9.17) is 0 Å². The molecule has 1 amide bonds.